The molecule has 0 unspecified atom stereocenters. The van der Waals surface area contributed by atoms with Crippen molar-refractivity contribution < 1.29 is 9.53 Å². The van der Waals surface area contributed by atoms with Gasteiger partial charge in [0, 0.05) is 31.1 Å². The van der Waals surface area contributed by atoms with Gasteiger partial charge in [-0.25, -0.2) is 0 Å². The Bertz CT molecular complexity index is 736. The quantitative estimate of drug-likeness (QED) is 0.644. The van der Waals surface area contributed by atoms with Gasteiger partial charge in [-0.05, 0) is 52.3 Å². The van der Waals surface area contributed by atoms with E-state index < -0.39 is 0 Å². The Hall–Kier alpha value is -1.13. The number of benzene rings is 2. The van der Waals surface area contributed by atoms with Crippen molar-refractivity contribution in [3.05, 3.63) is 62.0 Å². The van der Waals surface area contributed by atoms with Crippen LogP contribution < -0.4 is 4.74 Å². The normalized spacial score (nSPS) is 15.4. The van der Waals surface area contributed by atoms with E-state index in [1.807, 2.05) is 36.4 Å². The molecule has 1 aliphatic heterocycles. The lowest BCUT2D eigenvalue weighted by Gasteiger charge is -2.15. The lowest BCUT2D eigenvalue weighted by molar-refractivity contribution is 0.103. The second-order valence-electron chi connectivity index (χ2n) is 5.84. The van der Waals surface area contributed by atoms with Crippen LogP contribution in [0.1, 0.15) is 35.3 Å². The summed E-state index contributed by atoms with van der Waals surface area (Å²) in [7, 11) is 0. The van der Waals surface area contributed by atoms with E-state index in [-0.39, 0.29) is 11.2 Å². The number of carbonyl (C=O) groups is 1. The molecule has 0 bridgehead atoms. The number of rotatable bonds is 2. The highest BCUT2D eigenvalue weighted by atomic mass is 79.9. The smallest absolute Gasteiger partial charge is 0.194 e. The van der Waals surface area contributed by atoms with E-state index in [2.05, 4.69) is 45.7 Å². The van der Waals surface area contributed by atoms with Gasteiger partial charge in [0.05, 0.1) is 6.61 Å². The first-order chi connectivity index (χ1) is 9.88. The molecule has 0 saturated carbocycles. The minimum Gasteiger partial charge on any atom is -0.492 e. The van der Waals surface area contributed by atoms with Gasteiger partial charge in [-0.1, -0.05) is 29.8 Å². The lowest BCUT2D eigenvalue weighted by Crippen LogP contribution is -2.18. The van der Waals surface area contributed by atoms with Gasteiger partial charge in [0.25, 0.3) is 0 Å². The third kappa shape index (κ3) is 2.67. The molecule has 21 heavy (non-hydrogen) atoms. The molecule has 1 heterocycles. The van der Waals surface area contributed by atoms with E-state index in [0.717, 1.165) is 20.3 Å². The summed E-state index contributed by atoms with van der Waals surface area (Å²) in [6, 6.07) is 11.3. The standard InChI is InChI=1S/C17H14Br2O2/c1-17(2)9-21-15-6-3-10(7-13(15)17)16(20)12-5-4-11(18)8-14(12)19/h3-8H,9H2,1-2H3. The van der Waals surface area contributed by atoms with Crippen LogP contribution in [-0.4, -0.2) is 12.4 Å². The highest BCUT2D eigenvalue weighted by molar-refractivity contribution is 9.11. The topological polar surface area (TPSA) is 26.3 Å². The lowest BCUT2D eigenvalue weighted by atomic mass is 9.85. The average Bonchev–Trinajstić information content (AvgIpc) is 2.74. The van der Waals surface area contributed by atoms with Crippen LogP contribution >= 0.6 is 31.9 Å². The van der Waals surface area contributed by atoms with E-state index in [0.29, 0.717) is 17.7 Å². The van der Waals surface area contributed by atoms with Gasteiger partial charge < -0.3 is 4.74 Å². The molecule has 0 fully saturated rings. The van der Waals surface area contributed by atoms with Crippen LogP contribution in [0.15, 0.2) is 45.3 Å². The van der Waals surface area contributed by atoms with Crippen molar-refractivity contribution in [3.8, 4) is 5.75 Å². The molecule has 1 aliphatic rings. The van der Waals surface area contributed by atoms with Crippen LogP contribution in [0, 0.1) is 0 Å². The number of carbonyl (C=O) groups excluding carboxylic acids is 1. The highest BCUT2D eigenvalue weighted by Crippen LogP contribution is 2.39. The second-order valence-corrected chi connectivity index (χ2v) is 7.61. The maximum absolute atomic E-state index is 12.7. The fourth-order valence-electron chi connectivity index (χ4n) is 2.49. The fraction of sp³-hybridized carbons (Fsp3) is 0.235. The number of hydrogen-bond donors (Lipinski definition) is 0. The molecule has 0 aliphatic carbocycles. The third-order valence-corrected chi connectivity index (χ3v) is 4.88. The van der Waals surface area contributed by atoms with Crippen molar-refractivity contribution >= 4 is 37.6 Å². The number of fused-ring (bicyclic) bond motifs is 1. The maximum atomic E-state index is 12.7. The van der Waals surface area contributed by atoms with Crippen LogP contribution in [0.4, 0.5) is 0 Å². The monoisotopic (exact) mass is 408 g/mol. The van der Waals surface area contributed by atoms with Gasteiger partial charge in [0.1, 0.15) is 5.75 Å². The number of hydrogen-bond acceptors (Lipinski definition) is 2. The molecular weight excluding hydrogens is 396 g/mol. The van der Waals surface area contributed by atoms with Crippen molar-refractivity contribution in [3.63, 3.8) is 0 Å². The largest absolute Gasteiger partial charge is 0.492 e. The molecule has 0 radical (unpaired) electrons. The Morgan fingerprint density at radius 2 is 1.90 bits per heavy atom. The molecule has 0 aromatic heterocycles. The average molecular weight is 410 g/mol. The molecule has 3 rings (SSSR count). The van der Waals surface area contributed by atoms with Gasteiger partial charge >= 0.3 is 0 Å². The van der Waals surface area contributed by atoms with Crippen LogP contribution in [0.3, 0.4) is 0 Å². The number of ketones is 1. The summed E-state index contributed by atoms with van der Waals surface area (Å²) in [6.07, 6.45) is 0. The summed E-state index contributed by atoms with van der Waals surface area (Å²) in [5, 5.41) is 0. The first-order valence-electron chi connectivity index (χ1n) is 6.65. The molecule has 2 nitrogen and oxygen atoms in total. The van der Waals surface area contributed by atoms with E-state index in [9.17, 15) is 4.79 Å². The molecule has 4 heteroatoms. The predicted octanol–water partition coefficient (Wildman–Crippen LogP) is 5.11. The van der Waals surface area contributed by atoms with E-state index in [1.165, 1.54) is 0 Å². The molecule has 2 aromatic carbocycles. The van der Waals surface area contributed by atoms with E-state index in [1.54, 1.807) is 0 Å². The Balaban J connectivity index is 2.03. The van der Waals surface area contributed by atoms with Crippen molar-refractivity contribution in [1.29, 1.82) is 0 Å². The molecule has 0 atom stereocenters. The van der Waals surface area contributed by atoms with Gasteiger partial charge in [0.2, 0.25) is 0 Å². The number of halogens is 2. The Morgan fingerprint density at radius 3 is 2.62 bits per heavy atom. The van der Waals surface area contributed by atoms with Crippen LogP contribution in [0.2, 0.25) is 0 Å². The zero-order valence-corrected chi connectivity index (χ0v) is 14.9. The van der Waals surface area contributed by atoms with Gasteiger partial charge in [-0.3, -0.25) is 4.79 Å². The molecule has 0 N–H and O–H groups in total. The van der Waals surface area contributed by atoms with Gasteiger partial charge in [0.15, 0.2) is 5.78 Å². The van der Waals surface area contributed by atoms with Crippen LogP contribution in [0.25, 0.3) is 0 Å². The van der Waals surface area contributed by atoms with Gasteiger partial charge in [-0.15, -0.1) is 0 Å². The van der Waals surface area contributed by atoms with Crippen molar-refractivity contribution in [2.75, 3.05) is 6.61 Å². The SMILES string of the molecule is CC1(C)COc2ccc(C(=O)c3ccc(Br)cc3Br)cc21. The third-order valence-electron chi connectivity index (χ3n) is 3.74. The predicted molar refractivity (Wildman–Crippen MR) is 90.2 cm³/mol. The Labute approximate surface area is 140 Å². The minimum absolute atomic E-state index is 0.0138. The summed E-state index contributed by atoms with van der Waals surface area (Å²) in [6.45, 7) is 4.91. The zero-order valence-electron chi connectivity index (χ0n) is 11.7. The molecular formula is C17H14Br2O2. The minimum atomic E-state index is -0.0530. The highest BCUT2D eigenvalue weighted by Gasteiger charge is 2.32. The molecule has 2 aromatic rings. The summed E-state index contributed by atoms with van der Waals surface area (Å²) in [5.74, 6) is 0.895. The van der Waals surface area contributed by atoms with Crippen LogP contribution in [0.5, 0.6) is 5.75 Å². The fourth-order valence-corrected chi connectivity index (χ4v) is 3.72. The van der Waals surface area contributed by atoms with Crippen molar-refractivity contribution in [2.24, 2.45) is 0 Å². The first-order valence-corrected chi connectivity index (χ1v) is 8.24. The summed E-state index contributed by atoms with van der Waals surface area (Å²) >= 11 is 6.85. The molecule has 108 valence electrons. The van der Waals surface area contributed by atoms with Crippen LogP contribution in [-0.2, 0) is 5.41 Å². The zero-order chi connectivity index (χ0) is 15.2. The maximum Gasteiger partial charge on any atom is 0.194 e. The molecule has 0 saturated heterocycles. The number of ether oxygens (including phenoxy) is 1. The van der Waals surface area contributed by atoms with E-state index in [4.69, 9.17) is 4.74 Å². The molecule has 0 amide bonds. The van der Waals surface area contributed by atoms with Gasteiger partial charge in [-0.2, -0.15) is 0 Å². The van der Waals surface area contributed by atoms with E-state index >= 15 is 0 Å². The first kappa shape index (κ1) is 14.8. The second kappa shape index (κ2) is 5.25. The van der Waals surface area contributed by atoms with Crippen molar-refractivity contribution in [2.45, 2.75) is 19.3 Å². The summed E-state index contributed by atoms with van der Waals surface area (Å²) < 4.78 is 7.40. The van der Waals surface area contributed by atoms with Crippen molar-refractivity contribution in [1.82, 2.24) is 0 Å². The summed E-state index contributed by atoms with van der Waals surface area (Å²) in [4.78, 5) is 12.7. The Kier molecular flexibility index (Phi) is 3.70. The Morgan fingerprint density at radius 1 is 1.14 bits per heavy atom. The molecule has 0 spiro atoms. The summed E-state index contributed by atoms with van der Waals surface area (Å²) in [5.41, 5.74) is 2.40.